The zero-order valence-electron chi connectivity index (χ0n) is 19.5. The maximum atomic E-state index is 11.5. The Hall–Kier alpha value is -1.73. The Kier molecular flexibility index (Phi) is 9.36. The molecule has 182 valence electrons. The molecule has 4 rings (SSSR count). The second-order valence-corrected chi connectivity index (χ2v) is 9.41. The van der Waals surface area contributed by atoms with E-state index in [4.69, 9.17) is 18.9 Å². The summed E-state index contributed by atoms with van der Waals surface area (Å²) >= 11 is 0. The highest BCUT2D eigenvalue weighted by molar-refractivity contribution is 5.50. The molecule has 1 saturated carbocycles. The first-order chi connectivity index (χ1) is 16.2. The molecule has 2 aliphatic heterocycles. The average Bonchev–Trinajstić information content (AvgIpc) is 3.15. The molecule has 1 aromatic carbocycles. The van der Waals surface area contributed by atoms with Crippen molar-refractivity contribution >= 4 is 6.29 Å². The Balaban J connectivity index is 1.54. The number of carbonyl (C=O) groups is 1. The minimum atomic E-state index is -0.609. The predicted octanol–water partition coefficient (Wildman–Crippen LogP) is 4.54. The fourth-order valence-corrected chi connectivity index (χ4v) is 5.28. The van der Waals surface area contributed by atoms with E-state index in [1.54, 1.807) is 0 Å². The molecule has 2 heterocycles. The molecule has 1 aliphatic carbocycles. The van der Waals surface area contributed by atoms with Crippen molar-refractivity contribution in [3.8, 4) is 0 Å². The SMILES string of the molecule is O=CC[C@@H]1[C@@H](C(=CCCc2ccccc2)OC2CCCCO2)[C@@H](OC2CCCCO2)C[C@@H]1O. The van der Waals surface area contributed by atoms with Gasteiger partial charge in [-0.05, 0) is 56.6 Å². The highest BCUT2D eigenvalue weighted by Gasteiger charge is 2.47. The molecule has 0 amide bonds. The van der Waals surface area contributed by atoms with Crippen LogP contribution in [0.5, 0.6) is 0 Å². The number of aldehydes is 1. The van der Waals surface area contributed by atoms with E-state index in [2.05, 4.69) is 18.2 Å². The van der Waals surface area contributed by atoms with E-state index in [9.17, 15) is 9.90 Å². The van der Waals surface area contributed by atoms with E-state index in [0.29, 0.717) is 19.6 Å². The average molecular weight is 459 g/mol. The van der Waals surface area contributed by atoms with E-state index in [-0.39, 0.29) is 36.9 Å². The number of aryl methyl sites for hydroxylation is 1. The van der Waals surface area contributed by atoms with Crippen LogP contribution in [0.25, 0.3) is 0 Å². The summed E-state index contributed by atoms with van der Waals surface area (Å²) in [5, 5.41) is 10.9. The summed E-state index contributed by atoms with van der Waals surface area (Å²) in [5.41, 5.74) is 1.27. The second-order valence-electron chi connectivity index (χ2n) is 9.41. The van der Waals surface area contributed by atoms with Crippen molar-refractivity contribution in [3.63, 3.8) is 0 Å². The molecule has 6 nitrogen and oxygen atoms in total. The third-order valence-electron chi connectivity index (χ3n) is 7.02. The largest absolute Gasteiger partial charge is 0.469 e. The first-order valence-corrected chi connectivity index (χ1v) is 12.7. The van der Waals surface area contributed by atoms with Gasteiger partial charge < -0.3 is 28.8 Å². The van der Waals surface area contributed by atoms with Gasteiger partial charge in [-0.1, -0.05) is 30.3 Å². The molecular formula is C27H38O6. The van der Waals surface area contributed by atoms with E-state index in [1.807, 2.05) is 18.2 Å². The molecule has 1 aromatic rings. The van der Waals surface area contributed by atoms with Crippen molar-refractivity contribution in [2.45, 2.75) is 89.0 Å². The van der Waals surface area contributed by atoms with Gasteiger partial charge in [0.15, 0.2) is 12.6 Å². The van der Waals surface area contributed by atoms with Gasteiger partial charge in [0.05, 0.1) is 18.8 Å². The van der Waals surface area contributed by atoms with E-state index in [1.165, 1.54) is 5.56 Å². The zero-order valence-corrected chi connectivity index (χ0v) is 19.5. The first kappa shape index (κ1) is 24.4. The van der Waals surface area contributed by atoms with Gasteiger partial charge in [0, 0.05) is 37.7 Å². The van der Waals surface area contributed by atoms with Crippen molar-refractivity contribution in [1.29, 1.82) is 0 Å². The van der Waals surface area contributed by atoms with Crippen LogP contribution < -0.4 is 0 Å². The van der Waals surface area contributed by atoms with E-state index >= 15 is 0 Å². The molecule has 33 heavy (non-hydrogen) atoms. The van der Waals surface area contributed by atoms with Gasteiger partial charge in [-0.2, -0.15) is 0 Å². The third-order valence-corrected chi connectivity index (χ3v) is 7.02. The maximum absolute atomic E-state index is 11.5. The van der Waals surface area contributed by atoms with Crippen LogP contribution in [0.2, 0.25) is 0 Å². The van der Waals surface area contributed by atoms with Crippen molar-refractivity contribution < 1.29 is 28.8 Å². The topological polar surface area (TPSA) is 74.2 Å². The van der Waals surface area contributed by atoms with Gasteiger partial charge in [0.2, 0.25) is 0 Å². The number of aliphatic hydroxyl groups is 1. The second kappa shape index (κ2) is 12.7. The molecule has 3 fully saturated rings. The van der Waals surface area contributed by atoms with Crippen LogP contribution in [-0.2, 0) is 30.2 Å². The molecule has 0 bridgehead atoms. The lowest BCUT2D eigenvalue weighted by Crippen LogP contribution is -2.34. The van der Waals surface area contributed by atoms with E-state index in [0.717, 1.165) is 63.4 Å². The number of aliphatic hydroxyl groups excluding tert-OH is 1. The van der Waals surface area contributed by atoms with Gasteiger partial charge in [0.1, 0.15) is 12.0 Å². The van der Waals surface area contributed by atoms with Gasteiger partial charge in [-0.25, -0.2) is 0 Å². The number of rotatable bonds is 10. The first-order valence-electron chi connectivity index (χ1n) is 12.7. The van der Waals surface area contributed by atoms with Gasteiger partial charge in [-0.15, -0.1) is 0 Å². The summed E-state index contributed by atoms with van der Waals surface area (Å²) in [6.45, 7) is 1.40. The molecule has 1 N–H and O–H groups in total. The Morgan fingerprint density at radius 2 is 1.76 bits per heavy atom. The lowest BCUT2D eigenvalue weighted by Gasteiger charge is -2.33. The fraction of sp³-hybridized carbons (Fsp3) is 0.667. The Morgan fingerprint density at radius 3 is 2.42 bits per heavy atom. The van der Waals surface area contributed by atoms with Crippen LogP contribution in [0.4, 0.5) is 0 Å². The van der Waals surface area contributed by atoms with E-state index < -0.39 is 6.10 Å². The highest BCUT2D eigenvalue weighted by Crippen LogP contribution is 2.43. The van der Waals surface area contributed by atoms with Crippen LogP contribution >= 0.6 is 0 Å². The molecule has 0 aromatic heterocycles. The standard InChI is InChI=1S/C27H38O6/c28-16-15-21-22(29)19-24(33-26-14-5-7-18-31-26)27(21)23(32-25-13-4-6-17-30-25)12-8-11-20-9-2-1-3-10-20/h1-3,9-10,12,16,21-22,24-27,29H,4-8,11,13-15,17-19H2/t21-,22-,24-,25?,26?,27-/m0/s1. The van der Waals surface area contributed by atoms with Gasteiger partial charge in [-0.3, -0.25) is 0 Å². The van der Waals surface area contributed by atoms with Gasteiger partial charge >= 0.3 is 0 Å². The fourth-order valence-electron chi connectivity index (χ4n) is 5.28. The molecule has 3 aliphatic rings. The van der Waals surface area contributed by atoms with Crippen molar-refractivity contribution in [3.05, 3.63) is 47.7 Å². The summed E-state index contributed by atoms with van der Waals surface area (Å²) in [6.07, 6.45) is 10.0. The van der Waals surface area contributed by atoms with Gasteiger partial charge in [0.25, 0.3) is 0 Å². The molecular weight excluding hydrogens is 420 g/mol. The number of carbonyl (C=O) groups excluding carboxylic acids is 1. The lowest BCUT2D eigenvalue weighted by molar-refractivity contribution is -0.201. The molecule has 2 saturated heterocycles. The molecule has 6 heteroatoms. The van der Waals surface area contributed by atoms with Crippen LogP contribution in [0.15, 0.2) is 42.2 Å². The Labute approximate surface area is 197 Å². The summed E-state index contributed by atoms with van der Waals surface area (Å²) in [6, 6.07) is 10.4. The molecule has 2 unspecified atom stereocenters. The molecule has 0 radical (unpaired) electrons. The Morgan fingerprint density at radius 1 is 1.03 bits per heavy atom. The summed E-state index contributed by atoms with van der Waals surface area (Å²) in [5.74, 6) is 0.363. The Bertz CT molecular complexity index is 738. The molecule has 0 spiro atoms. The summed E-state index contributed by atoms with van der Waals surface area (Å²) < 4.78 is 24.5. The quantitative estimate of drug-likeness (QED) is 0.410. The van der Waals surface area contributed by atoms with Crippen molar-refractivity contribution in [2.24, 2.45) is 11.8 Å². The maximum Gasteiger partial charge on any atom is 0.199 e. The lowest BCUT2D eigenvalue weighted by atomic mass is 9.88. The number of hydrogen-bond donors (Lipinski definition) is 1. The summed E-state index contributed by atoms with van der Waals surface area (Å²) in [4.78, 5) is 11.5. The number of allylic oxidation sites excluding steroid dienone is 1. The monoisotopic (exact) mass is 458 g/mol. The van der Waals surface area contributed by atoms with Crippen LogP contribution in [0, 0.1) is 11.8 Å². The van der Waals surface area contributed by atoms with Crippen LogP contribution in [-0.4, -0.2) is 49.4 Å². The molecule has 6 atom stereocenters. The van der Waals surface area contributed by atoms with Crippen LogP contribution in [0.3, 0.4) is 0 Å². The third kappa shape index (κ3) is 6.89. The zero-order chi connectivity index (χ0) is 22.9. The van der Waals surface area contributed by atoms with Crippen molar-refractivity contribution in [1.82, 2.24) is 0 Å². The number of hydrogen-bond acceptors (Lipinski definition) is 6. The number of ether oxygens (including phenoxy) is 4. The normalized spacial score (nSPS) is 33.1. The minimum absolute atomic E-state index is 0.197. The van der Waals surface area contributed by atoms with Crippen molar-refractivity contribution in [2.75, 3.05) is 13.2 Å². The van der Waals surface area contributed by atoms with Crippen LogP contribution in [0.1, 0.15) is 63.4 Å². The predicted molar refractivity (Wildman–Crippen MR) is 124 cm³/mol. The number of benzene rings is 1. The smallest absolute Gasteiger partial charge is 0.199 e. The summed E-state index contributed by atoms with van der Waals surface area (Å²) in [7, 11) is 0. The highest BCUT2D eigenvalue weighted by atomic mass is 16.7. The minimum Gasteiger partial charge on any atom is -0.469 e.